The molecule has 0 heterocycles. The van der Waals surface area contributed by atoms with Crippen LogP contribution in [0.15, 0.2) is 18.2 Å². The van der Waals surface area contributed by atoms with Crippen LogP contribution in [0.1, 0.15) is 21.5 Å². The highest BCUT2D eigenvalue weighted by molar-refractivity contribution is 7.90. The normalized spacial score (nSPS) is 10.6. The zero-order valence-electron chi connectivity index (χ0n) is 11.6. The Hall–Kier alpha value is -1.84. The lowest BCUT2D eigenvalue weighted by Gasteiger charge is -2.07. The van der Waals surface area contributed by atoms with Crippen LogP contribution in [0.2, 0.25) is 0 Å². The second-order valence-corrected chi connectivity index (χ2v) is 6.70. The average molecular weight is 294 g/mol. The van der Waals surface area contributed by atoms with E-state index in [1.165, 1.54) is 0 Å². The summed E-state index contributed by atoms with van der Waals surface area (Å²) in [6.07, 6.45) is 1.13. The van der Waals surface area contributed by atoms with Gasteiger partial charge in [-0.1, -0.05) is 23.5 Å². The Labute approximate surface area is 119 Å². The van der Waals surface area contributed by atoms with Crippen LogP contribution in [0.3, 0.4) is 0 Å². The molecule has 0 atom stereocenters. The molecule has 0 aliphatic heterocycles. The lowest BCUT2D eigenvalue weighted by atomic mass is 10.0. The number of sulfone groups is 1. The van der Waals surface area contributed by atoms with Crippen molar-refractivity contribution in [3.05, 3.63) is 34.9 Å². The van der Waals surface area contributed by atoms with Gasteiger partial charge in [0.1, 0.15) is 9.84 Å². The zero-order valence-corrected chi connectivity index (χ0v) is 12.4. The van der Waals surface area contributed by atoms with E-state index in [1.807, 2.05) is 13.0 Å². The van der Waals surface area contributed by atoms with Gasteiger partial charge in [-0.25, -0.2) is 8.42 Å². The molecular weight excluding hydrogens is 276 g/mol. The Morgan fingerprint density at radius 3 is 2.70 bits per heavy atom. The molecule has 0 saturated heterocycles. The molecule has 0 aromatic heterocycles. The first-order chi connectivity index (χ1) is 9.33. The maximum absolute atomic E-state index is 12.1. The van der Waals surface area contributed by atoms with E-state index in [4.69, 9.17) is 5.73 Å². The van der Waals surface area contributed by atoms with Crippen LogP contribution >= 0.6 is 0 Å². The van der Waals surface area contributed by atoms with Crippen LogP contribution in [0.4, 0.5) is 0 Å². The van der Waals surface area contributed by atoms with Crippen LogP contribution in [-0.4, -0.2) is 39.4 Å². The molecule has 0 aliphatic rings. The highest BCUT2D eigenvalue weighted by atomic mass is 32.2. The molecule has 1 aromatic rings. The Morgan fingerprint density at radius 2 is 2.10 bits per heavy atom. The first-order valence-corrected chi connectivity index (χ1v) is 8.15. The van der Waals surface area contributed by atoms with Crippen LogP contribution in [0.25, 0.3) is 0 Å². The monoisotopic (exact) mass is 294 g/mol. The predicted octanol–water partition coefficient (Wildman–Crippen LogP) is 0.0796. The first-order valence-electron chi connectivity index (χ1n) is 6.09. The molecule has 108 valence electrons. The predicted molar refractivity (Wildman–Crippen MR) is 79.2 cm³/mol. The fourth-order valence-corrected chi connectivity index (χ4v) is 2.02. The number of nitrogens with two attached hydrogens (primary N) is 1. The lowest BCUT2D eigenvalue weighted by Crippen LogP contribution is -2.29. The highest BCUT2D eigenvalue weighted by Gasteiger charge is 2.11. The van der Waals surface area contributed by atoms with E-state index in [-0.39, 0.29) is 24.7 Å². The minimum atomic E-state index is -3.09. The molecule has 6 heteroatoms. The van der Waals surface area contributed by atoms with Gasteiger partial charge in [0, 0.05) is 18.4 Å². The van der Waals surface area contributed by atoms with Crippen molar-refractivity contribution < 1.29 is 13.2 Å². The molecule has 0 radical (unpaired) electrons. The third kappa shape index (κ3) is 5.43. The molecule has 3 N–H and O–H groups in total. The standard InChI is InChI=1S/C14H18N2O3S/c1-11-5-6-12(4-3-7-15)13(10-11)14(17)16-8-9-20(2,18)19/h5-6,10H,7-9,15H2,1-2H3,(H,16,17). The molecule has 0 fully saturated rings. The van der Waals surface area contributed by atoms with E-state index >= 15 is 0 Å². The fourth-order valence-electron chi connectivity index (χ4n) is 1.55. The summed E-state index contributed by atoms with van der Waals surface area (Å²) in [7, 11) is -3.09. The van der Waals surface area contributed by atoms with Crippen molar-refractivity contribution in [3.8, 4) is 11.8 Å². The van der Waals surface area contributed by atoms with E-state index in [0.717, 1.165) is 11.8 Å². The van der Waals surface area contributed by atoms with Gasteiger partial charge in [0.15, 0.2) is 0 Å². The number of rotatable bonds is 4. The molecule has 0 aliphatic carbocycles. The summed E-state index contributed by atoms with van der Waals surface area (Å²) in [6, 6.07) is 5.33. The van der Waals surface area contributed by atoms with E-state index in [1.54, 1.807) is 12.1 Å². The Morgan fingerprint density at radius 1 is 1.40 bits per heavy atom. The number of hydrogen-bond acceptors (Lipinski definition) is 4. The smallest absolute Gasteiger partial charge is 0.252 e. The minimum absolute atomic E-state index is 0.0787. The largest absolute Gasteiger partial charge is 0.351 e. The van der Waals surface area contributed by atoms with Gasteiger partial charge >= 0.3 is 0 Å². The summed E-state index contributed by atoms with van der Waals surface area (Å²) in [6.45, 7) is 2.16. The van der Waals surface area contributed by atoms with Crippen molar-refractivity contribution >= 4 is 15.7 Å². The summed E-state index contributed by atoms with van der Waals surface area (Å²) in [4.78, 5) is 12.1. The quantitative estimate of drug-likeness (QED) is 0.770. The van der Waals surface area contributed by atoms with Crippen molar-refractivity contribution in [3.63, 3.8) is 0 Å². The maximum Gasteiger partial charge on any atom is 0.252 e. The second-order valence-electron chi connectivity index (χ2n) is 4.44. The van der Waals surface area contributed by atoms with Gasteiger partial charge in [-0.05, 0) is 19.1 Å². The molecule has 0 saturated carbocycles. The number of hydrogen-bond donors (Lipinski definition) is 2. The number of nitrogens with one attached hydrogen (secondary N) is 1. The van der Waals surface area contributed by atoms with E-state index in [9.17, 15) is 13.2 Å². The van der Waals surface area contributed by atoms with Gasteiger partial charge in [-0.15, -0.1) is 0 Å². The van der Waals surface area contributed by atoms with E-state index in [2.05, 4.69) is 17.2 Å². The van der Waals surface area contributed by atoms with Gasteiger partial charge in [0.25, 0.3) is 5.91 Å². The number of aryl methyl sites for hydroxylation is 1. The van der Waals surface area contributed by atoms with Crippen LogP contribution in [0.5, 0.6) is 0 Å². The Balaban J connectivity index is 2.88. The fraction of sp³-hybridized carbons (Fsp3) is 0.357. The third-order valence-corrected chi connectivity index (χ3v) is 3.45. The van der Waals surface area contributed by atoms with Crippen molar-refractivity contribution in [1.29, 1.82) is 0 Å². The Kier molecular flexibility index (Phi) is 5.74. The molecule has 20 heavy (non-hydrogen) atoms. The van der Waals surface area contributed by atoms with Crippen molar-refractivity contribution in [1.82, 2.24) is 5.32 Å². The molecule has 1 amide bonds. The Bertz CT molecular complexity index is 655. The molecule has 0 spiro atoms. The SMILES string of the molecule is Cc1ccc(C#CCN)c(C(=O)NCCS(C)(=O)=O)c1. The maximum atomic E-state index is 12.1. The number of amides is 1. The van der Waals surface area contributed by atoms with Crippen LogP contribution in [0, 0.1) is 18.8 Å². The topological polar surface area (TPSA) is 89.3 Å². The van der Waals surface area contributed by atoms with Crippen LogP contribution < -0.4 is 11.1 Å². The van der Waals surface area contributed by atoms with Crippen molar-refractivity contribution in [2.24, 2.45) is 5.73 Å². The summed E-state index contributed by atoms with van der Waals surface area (Å²) in [5.74, 6) is 5.11. The molecule has 5 nitrogen and oxygen atoms in total. The highest BCUT2D eigenvalue weighted by Crippen LogP contribution is 2.10. The average Bonchev–Trinajstić information content (AvgIpc) is 2.35. The molecule has 0 bridgehead atoms. The molecule has 1 rings (SSSR count). The van der Waals surface area contributed by atoms with E-state index in [0.29, 0.717) is 11.1 Å². The van der Waals surface area contributed by atoms with Gasteiger partial charge in [-0.3, -0.25) is 4.79 Å². The van der Waals surface area contributed by atoms with Gasteiger partial charge in [0.05, 0.1) is 17.9 Å². The summed E-state index contributed by atoms with van der Waals surface area (Å²) in [5.41, 5.74) is 7.26. The van der Waals surface area contributed by atoms with Gasteiger partial charge in [0.2, 0.25) is 0 Å². The van der Waals surface area contributed by atoms with E-state index < -0.39 is 9.84 Å². The summed E-state index contributed by atoms with van der Waals surface area (Å²) < 4.78 is 22.0. The van der Waals surface area contributed by atoms with Gasteiger partial charge in [-0.2, -0.15) is 0 Å². The molecule has 0 unspecified atom stereocenters. The van der Waals surface area contributed by atoms with Gasteiger partial charge < -0.3 is 11.1 Å². The van der Waals surface area contributed by atoms with Crippen LogP contribution in [-0.2, 0) is 9.84 Å². The second kappa shape index (κ2) is 7.08. The first kappa shape index (κ1) is 16.2. The third-order valence-electron chi connectivity index (χ3n) is 2.50. The zero-order chi connectivity index (χ0) is 15.2. The number of carbonyl (C=O) groups is 1. The van der Waals surface area contributed by atoms with Crippen molar-refractivity contribution in [2.75, 3.05) is 25.1 Å². The summed E-state index contributed by atoms with van der Waals surface area (Å²) >= 11 is 0. The number of benzene rings is 1. The number of carbonyl (C=O) groups excluding carboxylic acids is 1. The minimum Gasteiger partial charge on any atom is -0.351 e. The molecular formula is C14H18N2O3S. The molecule has 1 aromatic carbocycles. The summed E-state index contributed by atoms with van der Waals surface area (Å²) in [5, 5.41) is 2.58. The lowest BCUT2D eigenvalue weighted by molar-refractivity contribution is 0.0956. The van der Waals surface area contributed by atoms with Crippen molar-refractivity contribution in [2.45, 2.75) is 6.92 Å².